The van der Waals surface area contributed by atoms with Gasteiger partial charge in [0.2, 0.25) is 0 Å². The summed E-state index contributed by atoms with van der Waals surface area (Å²) in [5.74, 6) is -0.578. The Kier molecular flexibility index (Phi) is 7.07. The van der Waals surface area contributed by atoms with Gasteiger partial charge in [0.25, 0.3) is 11.8 Å². The van der Waals surface area contributed by atoms with Gasteiger partial charge >= 0.3 is 0 Å². The van der Waals surface area contributed by atoms with Crippen LogP contribution in [0.15, 0.2) is 84.6 Å². The van der Waals surface area contributed by atoms with Crippen molar-refractivity contribution in [2.45, 2.75) is 26.8 Å². The largest absolute Gasteiger partial charge is 0.494 e. The predicted octanol–water partition coefficient (Wildman–Crippen LogP) is 5.42. The van der Waals surface area contributed by atoms with E-state index in [4.69, 9.17) is 4.74 Å². The Balaban J connectivity index is 1.77. The van der Waals surface area contributed by atoms with E-state index in [1.54, 1.807) is 24.3 Å². The van der Waals surface area contributed by atoms with Crippen molar-refractivity contribution in [2.24, 2.45) is 0 Å². The first kappa shape index (κ1) is 23.2. The number of benzene rings is 3. The number of imide groups is 1. The summed E-state index contributed by atoms with van der Waals surface area (Å²) in [6.45, 7) is 5.59. The van der Waals surface area contributed by atoms with E-state index in [2.05, 4.69) is 0 Å². The van der Waals surface area contributed by atoms with Crippen LogP contribution in [0.4, 0.5) is 10.1 Å². The van der Waals surface area contributed by atoms with Crippen molar-refractivity contribution in [3.05, 3.63) is 102 Å². The highest BCUT2D eigenvalue weighted by Gasteiger charge is 2.42. The lowest BCUT2D eigenvalue weighted by molar-refractivity contribution is -0.120. The predicted molar refractivity (Wildman–Crippen MR) is 131 cm³/mol. The molecule has 5 nitrogen and oxygen atoms in total. The van der Waals surface area contributed by atoms with Gasteiger partial charge in [0, 0.05) is 13.1 Å². The number of halogens is 1. The molecule has 34 heavy (non-hydrogen) atoms. The second kappa shape index (κ2) is 10.3. The second-order valence-corrected chi connectivity index (χ2v) is 8.02. The van der Waals surface area contributed by atoms with Crippen LogP contribution in [0.25, 0.3) is 5.57 Å². The lowest BCUT2D eigenvalue weighted by Crippen LogP contribution is -2.35. The number of nitrogens with zero attached hydrogens (tertiary/aromatic N) is 2. The Bertz CT molecular complexity index is 1190. The van der Waals surface area contributed by atoms with Crippen molar-refractivity contribution < 1.29 is 18.7 Å². The summed E-state index contributed by atoms with van der Waals surface area (Å²) in [5.41, 5.74) is 2.66. The van der Waals surface area contributed by atoms with E-state index in [0.717, 1.165) is 16.9 Å². The molecule has 0 spiro atoms. The summed E-state index contributed by atoms with van der Waals surface area (Å²) in [7, 11) is 0. The Hall–Kier alpha value is -3.93. The smallest absolute Gasteiger partial charge is 0.282 e. The number of carbonyl (C=O) groups excluding carboxylic acids is 2. The van der Waals surface area contributed by atoms with E-state index >= 15 is 0 Å². The summed E-state index contributed by atoms with van der Waals surface area (Å²) in [6.07, 6.45) is 0.890. The van der Waals surface area contributed by atoms with E-state index in [-0.39, 0.29) is 0 Å². The van der Waals surface area contributed by atoms with Crippen molar-refractivity contribution in [3.63, 3.8) is 0 Å². The monoisotopic (exact) mass is 458 g/mol. The number of carbonyl (C=O) groups is 2. The van der Waals surface area contributed by atoms with Crippen LogP contribution in [-0.2, 0) is 16.1 Å². The van der Waals surface area contributed by atoms with Gasteiger partial charge in [0.15, 0.2) is 0 Å². The fourth-order valence-corrected chi connectivity index (χ4v) is 3.99. The van der Waals surface area contributed by atoms with Crippen molar-refractivity contribution >= 4 is 23.1 Å². The SMILES string of the molecule is CCCOc1ccc(C2=C(N(CC)Cc3ccccc3)C(=O)N(c3ccc(F)cc3)C2=O)cc1. The molecule has 1 aliphatic heterocycles. The molecule has 0 aliphatic carbocycles. The standard InChI is InChI=1S/C28H27FN2O3/c1-3-18-34-24-16-10-21(11-17-24)25-26(30(4-2)19-20-8-6-5-7-9-20)28(33)31(27(25)32)23-14-12-22(29)13-15-23/h5-17H,3-4,18-19H2,1-2H3. The minimum atomic E-state index is -0.432. The van der Waals surface area contributed by atoms with Crippen molar-refractivity contribution in [1.82, 2.24) is 4.90 Å². The molecule has 2 amide bonds. The summed E-state index contributed by atoms with van der Waals surface area (Å²) in [5, 5.41) is 0. The first-order chi connectivity index (χ1) is 16.5. The first-order valence-electron chi connectivity index (χ1n) is 11.4. The van der Waals surface area contributed by atoms with E-state index < -0.39 is 17.6 Å². The zero-order valence-electron chi connectivity index (χ0n) is 19.3. The highest BCUT2D eigenvalue weighted by atomic mass is 19.1. The van der Waals surface area contributed by atoms with Gasteiger partial charge in [-0.3, -0.25) is 9.59 Å². The number of ether oxygens (including phenoxy) is 1. The lowest BCUT2D eigenvalue weighted by Gasteiger charge is -2.25. The number of likely N-dealkylation sites (N-methyl/N-ethyl adjacent to an activating group) is 1. The van der Waals surface area contributed by atoms with Gasteiger partial charge in [0.1, 0.15) is 17.3 Å². The van der Waals surface area contributed by atoms with Crippen molar-refractivity contribution in [1.29, 1.82) is 0 Å². The quantitative estimate of drug-likeness (QED) is 0.402. The third-order valence-electron chi connectivity index (χ3n) is 5.67. The Morgan fingerprint density at radius 1 is 0.853 bits per heavy atom. The van der Waals surface area contributed by atoms with Crippen LogP contribution in [0.2, 0.25) is 0 Å². The van der Waals surface area contributed by atoms with Gasteiger partial charge in [-0.25, -0.2) is 9.29 Å². The first-order valence-corrected chi connectivity index (χ1v) is 11.4. The molecule has 0 saturated carbocycles. The van der Waals surface area contributed by atoms with Crippen LogP contribution in [0.1, 0.15) is 31.4 Å². The number of rotatable bonds is 9. The van der Waals surface area contributed by atoms with Crippen LogP contribution < -0.4 is 9.64 Å². The second-order valence-electron chi connectivity index (χ2n) is 8.02. The molecule has 0 fully saturated rings. The third-order valence-corrected chi connectivity index (χ3v) is 5.67. The highest BCUT2D eigenvalue weighted by Crippen LogP contribution is 2.36. The van der Waals surface area contributed by atoms with Gasteiger partial charge in [-0.05, 0) is 60.9 Å². The van der Waals surface area contributed by atoms with Crippen LogP contribution in [0, 0.1) is 5.82 Å². The van der Waals surface area contributed by atoms with Crippen LogP contribution >= 0.6 is 0 Å². The molecule has 0 atom stereocenters. The normalized spacial score (nSPS) is 13.6. The highest BCUT2D eigenvalue weighted by molar-refractivity contribution is 6.45. The fraction of sp³-hybridized carbons (Fsp3) is 0.214. The molecule has 0 N–H and O–H groups in total. The molecular weight excluding hydrogens is 431 g/mol. The molecule has 3 aromatic rings. The van der Waals surface area contributed by atoms with E-state index in [1.807, 2.05) is 49.1 Å². The van der Waals surface area contributed by atoms with E-state index in [1.165, 1.54) is 24.3 Å². The van der Waals surface area contributed by atoms with Crippen LogP contribution in [0.5, 0.6) is 5.75 Å². The number of anilines is 1. The molecule has 174 valence electrons. The van der Waals surface area contributed by atoms with Crippen LogP contribution in [-0.4, -0.2) is 29.9 Å². The van der Waals surface area contributed by atoms with Gasteiger partial charge in [-0.15, -0.1) is 0 Å². The lowest BCUT2D eigenvalue weighted by atomic mass is 10.0. The molecule has 6 heteroatoms. The molecule has 0 saturated heterocycles. The summed E-state index contributed by atoms with van der Waals surface area (Å²) in [6, 6.07) is 22.4. The number of hydrogen-bond acceptors (Lipinski definition) is 4. The average molecular weight is 459 g/mol. The fourth-order valence-electron chi connectivity index (χ4n) is 3.99. The maximum atomic E-state index is 13.7. The Morgan fingerprint density at radius 2 is 1.53 bits per heavy atom. The van der Waals surface area contributed by atoms with E-state index in [0.29, 0.717) is 48.0 Å². The maximum absolute atomic E-state index is 13.7. The van der Waals surface area contributed by atoms with Crippen molar-refractivity contribution in [2.75, 3.05) is 18.1 Å². The van der Waals surface area contributed by atoms with Gasteiger partial charge < -0.3 is 9.64 Å². The minimum Gasteiger partial charge on any atom is -0.494 e. The van der Waals surface area contributed by atoms with Gasteiger partial charge in [-0.2, -0.15) is 0 Å². The summed E-state index contributed by atoms with van der Waals surface area (Å²) < 4.78 is 19.2. The Labute approximate surface area is 199 Å². The summed E-state index contributed by atoms with van der Waals surface area (Å²) in [4.78, 5) is 30.3. The minimum absolute atomic E-state index is 0.328. The Morgan fingerprint density at radius 3 is 2.15 bits per heavy atom. The molecule has 0 unspecified atom stereocenters. The number of amides is 2. The van der Waals surface area contributed by atoms with E-state index in [9.17, 15) is 14.0 Å². The summed E-state index contributed by atoms with van der Waals surface area (Å²) >= 11 is 0. The molecule has 1 heterocycles. The third kappa shape index (κ3) is 4.71. The van der Waals surface area contributed by atoms with Crippen LogP contribution in [0.3, 0.4) is 0 Å². The molecule has 0 aromatic heterocycles. The zero-order valence-corrected chi connectivity index (χ0v) is 19.3. The topological polar surface area (TPSA) is 49.9 Å². The molecule has 0 radical (unpaired) electrons. The molecule has 1 aliphatic rings. The zero-order chi connectivity index (χ0) is 24.1. The molecular formula is C28H27FN2O3. The molecule has 4 rings (SSSR count). The molecule has 0 bridgehead atoms. The molecule has 3 aromatic carbocycles. The van der Waals surface area contributed by atoms with Gasteiger partial charge in [0.05, 0.1) is 17.9 Å². The average Bonchev–Trinajstić information content (AvgIpc) is 3.12. The maximum Gasteiger partial charge on any atom is 0.282 e. The van der Waals surface area contributed by atoms with Gasteiger partial charge in [-0.1, -0.05) is 49.4 Å². The van der Waals surface area contributed by atoms with Crippen molar-refractivity contribution in [3.8, 4) is 5.75 Å². The number of hydrogen-bond donors (Lipinski definition) is 0.